The summed E-state index contributed by atoms with van der Waals surface area (Å²) in [6.07, 6.45) is 4.08. The monoisotopic (exact) mass is 267 g/mol. The van der Waals surface area contributed by atoms with Crippen LogP contribution in [0.5, 0.6) is 0 Å². The quantitative estimate of drug-likeness (QED) is 0.718. The highest BCUT2D eigenvalue weighted by Gasteiger charge is 2.41. The average molecular weight is 268 g/mol. The second kappa shape index (κ2) is 4.44. The van der Waals surface area contributed by atoms with Crippen LogP contribution in [0.25, 0.3) is 0 Å². The van der Waals surface area contributed by atoms with Gasteiger partial charge in [0.1, 0.15) is 0 Å². The van der Waals surface area contributed by atoms with Crippen molar-refractivity contribution in [3.8, 4) is 0 Å². The summed E-state index contributed by atoms with van der Waals surface area (Å²) in [6, 6.07) is 0.738. The maximum atomic E-state index is 11.2. The first-order chi connectivity index (χ1) is 7.44. The molecule has 2 fully saturated rings. The molecule has 2 aliphatic rings. The summed E-state index contributed by atoms with van der Waals surface area (Å²) in [7, 11) is 3.42. The van der Waals surface area contributed by atoms with Gasteiger partial charge in [-0.15, -0.1) is 0 Å². The first-order valence-electron chi connectivity index (χ1n) is 5.66. The number of nitrogens with zero attached hydrogens (tertiary/aromatic N) is 1. The molecular formula is C10H18ClNO3S. The van der Waals surface area contributed by atoms with Gasteiger partial charge in [0.2, 0.25) is 9.05 Å². The van der Waals surface area contributed by atoms with Crippen molar-refractivity contribution in [1.82, 2.24) is 4.90 Å². The van der Waals surface area contributed by atoms with E-state index >= 15 is 0 Å². The number of piperidine rings is 1. The lowest BCUT2D eigenvalue weighted by Gasteiger charge is -2.40. The molecule has 1 saturated carbocycles. The number of rotatable bonds is 4. The normalized spacial score (nSPS) is 26.9. The minimum atomic E-state index is -3.49. The Morgan fingerprint density at radius 2 is 1.94 bits per heavy atom. The van der Waals surface area contributed by atoms with Crippen molar-refractivity contribution in [2.45, 2.75) is 37.3 Å². The second-order valence-corrected chi connectivity index (χ2v) is 7.61. The van der Waals surface area contributed by atoms with Gasteiger partial charge in [-0.05, 0) is 25.7 Å². The van der Waals surface area contributed by atoms with Crippen LogP contribution in [-0.4, -0.2) is 50.9 Å². The van der Waals surface area contributed by atoms with Crippen molar-refractivity contribution in [1.29, 1.82) is 0 Å². The largest absolute Gasteiger partial charge is 0.377 e. The summed E-state index contributed by atoms with van der Waals surface area (Å²) in [5.74, 6) is -0.0729. The van der Waals surface area contributed by atoms with E-state index < -0.39 is 14.7 Å². The zero-order valence-corrected chi connectivity index (χ0v) is 11.1. The van der Waals surface area contributed by atoms with Gasteiger partial charge in [-0.1, -0.05) is 0 Å². The molecule has 16 heavy (non-hydrogen) atoms. The summed E-state index contributed by atoms with van der Waals surface area (Å²) in [5.41, 5.74) is -0.564. The van der Waals surface area contributed by atoms with Crippen LogP contribution in [-0.2, 0) is 13.8 Å². The van der Waals surface area contributed by atoms with E-state index in [9.17, 15) is 8.42 Å². The predicted molar refractivity (Wildman–Crippen MR) is 63.2 cm³/mol. The Morgan fingerprint density at radius 1 is 1.38 bits per heavy atom. The minimum Gasteiger partial charge on any atom is -0.377 e. The third kappa shape index (κ3) is 3.09. The number of ether oxygens (including phenoxy) is 1. The van der Waals surface area contributed by atoms with Crippen LogP contribution in [0.1, 0.15) is 25.7 Å². The topological polar surface area (TPSA) is 46.6 Å². The molecule has 2 rings (SSSR count). The molecule has 0 bridgehead atoms. The standard InChI is InChI=1S/C10H18ClNO3S/c1-15-10(8-16(11,13)14)4-6-12(7-5-10)9-2-3-9/h9H,2-8H2,1H3. The number of hydrogen-bond acceptors (Lipinski definition) is 4. The summed E-state index contributed by atoms with van der Waals surface area (Å²) in [4.78, 5) is 2.43. The van der Waals surface area contributed by atoms with Crippen molar-refractivity contribution in [2.24, 2.45) is 0 Å². The summed E-state index contributed by atoms with van der Waals surface area (Å²) in [6.45, 7) is 1.84. The van der Waals surface area contributed by atoms with Crippen LogP contribution < -0.4 is 0 Å². The molecule has 4 nitrogen and oxygen atoms in total. The molecule has 1 heterocycles. The Bertz CT molecular complexity index is 345. The molecule has 1 saturated heterocycles. The molecular weight excluding hydrogens is 250 g/mol. The molecule has 0 N–H and O–H groups in total. The third-order valence-corrected chi connectivity index (χ3v) is 4.84. The maximum Gasteiger partial charge on any atom is 0.235 e. The van der Waals surface area contributed by atoms with Gasteiger partial charge in [0.25, 0.3) is 0 Å². The fourth-order valence-corrected chi connectivity index (χ4v) is 4.09. The Morgan fingerprint density at radius 3 is 2.31 bits per heavy atom. The van der Waals surface area contributed by atoms with E-state index in [0.717, 1.165) is 32.0 Å². The molecule has 94 valence electrons. The molecule has 0 radical (unpaired) electrons. The maximum absolute atomic E-state index is 11.2. The number of likely N-dealkylation sites (tertiary alicyclic amines) is 1. The van der Waals surface area contributed by atoms with Crippen LogP contribution in [0.15, 0.2) is 0 Å². The summed E-state index contributed by atoms with van der Waals surface area (Å²) in [5, 5.41) is 0. The van der Waals surface area contributed by atoms with E-state index in [4.69, 9.17) is 15.4 Å². The summed E-state index contributed by atoms with van der Waals surface area (Å²) < 4.78 is 27.7. The molecule has 0 spiro atoms. The van der Waals surface area contributed by atoms with E-state index in [1.807, 2.05) is 0 Å². The van der Waals surface area contributed by atoms with Crippen LogP contribution in [0.2, 0.25) is 0 Å². The van der Waals surface area contributed by atoms with E-state index in [-0.39, 0.29) is 5.75 Å². The Hall–Kier alpha value is 0.160. The van der Waals surface area contributed by atoms with Gasteiger partial charge in [0.15, 0.2) is 0 Å². The molecule has 0 atom stereocenters. The van der Waals surface area contributed by atoms with E-state index in [1.165, 1.54) is 12.8 Å². The molecule has 0 aromatic heterocycles. The van der Waals surface area contributed by atoms with Crippen LogP contribution in [0.3, 0.4) is 0 Å². The molecule has 1 aliphatic heterocycles. The van der Waals surface area contributed by atoms with Crippen LogP contribution in [0.4, 0.5) is 0 Å². The zero-order valence-electron chi connectivity index (χ0n) is 9.49. The predicted octanol–water partition coefficient (Wildman–Crippen LogP) is 1.20. The van der Waals surface area contributed by atoms with Gasteiger partial charge < -0.3 is 9.64 Å². The fourth-order valence-electron chi connectivity index (χ4n) is 2.46. The number of methoxy groups -OCH3 is 1. The van der Waals surface area contributed by atoms with Gasteiger partial charge in [0, 0.05) is 36.9 Å². The highest BCUT2D eigenvalue weighted by molar-refractivity contribution is 8.13. The van der Waals surface area contributed by atoms with Gasteiger partial charge in [0.05, 0.1) is 11.4 Å². The minimum absolute atomic E-state index is 0.0729. The van der Waals surface area contributed by atoms with Gasteiger partial charge >= 0.3 is 0 Å². The van der Waals surface area contributed by atoms with Gasteiger partial charge in [-0.2, -0.15) is 0 Å². The van der Waals surface area contributed by atoms with Gasteiger partial charge in [-0.3, -0.25) is 0 Å². The highest BCUT2D eigenvalue weighted by Crippen LogP contribution is 2.34. The van der Waals surface area contributed by atoms with Crippen molar-refractivity contribution in [3.63, 3.8) is 0 Å². The number of halogens is 1. The average Bonchev–Trinajstić information content (AvgIpc) is 3.00. The molecule has 6 heteroatoms. The first kappa shape index (κ1) is 12.6. The van der Waals surface area contributed by atoms with Crippen molar-refractivity contribution in [3.05, 3.63) is 0 Å². The lowest BCUT2D eigenvalue weighted by Crippen LogP contribution is -2.49. The fraction of sp³-hybridized carbons (Fsp3) is 1.00. The summed E-state index contributed by atoms with van der Waals surface area (Å²) >= 11 is 0. The molecule has 0 unspecified atom stereocenters. The molecule has 1 aliphatic carbocycles. The lowest BCUT2D eigenvalue weighted by molar-refractivity contribution is -0.0411. The van der Waals surface area contributed by atoms with Crippen molar-refractivity contribution in [2.75, 3.05) is 26.0 Å². The molecule has 0 amide bonds. The highest BCUT2D eigenvalue weighted by atomic mass is 35.7. The number of hydrogen-bond donors (Lipinski definition) is 0. The van der Waals surface area contributed by atoms with Crippen LogP contribution in [0, 0.1) is 0 Å². The Kier molecular flexibility index (Phi) is 3.50. The smallest absolute Gasteiger partial charge is 0.235 e. The Labute approximate surface area is 101 Å². The molecule has 0 aromatic carbocycles. The van der Waals surface area contributed by atoms with Crippen LogP contribution >= 0.6 is 10.7 Å². The van der Waals surface area contributed by atoms with E-state index in [0.29, 0.717) is 0 Å². The Balaban J connectivity index is 1.96. The van der Waals surface area contributed by atoms with Crippen molar-refractivity contribution < 1.29 is 13.2 Å². The van der Waals surface area contributed by atoms with Crippen molar-refractivity contribution >= 4 is 19.7 Å². The van der Waals surface area contributed by atoms with E-state index in [2.05, 4.69) is 4.90 Å². The molecule has 0 aromatic rings. The SMILES string of the molecule is COC1(CS(=O)(=O)Cl)CCN(C2CC2)CC1. The lowest BCUT2D eigenvalue weighted by atomic mass is 9.93. The third-order valence-electron chi connectivity index (χ3n) is 3.64. The first-order valence-corrected chi connectivity index (χ1v) is 8.13. The van der Waals surface area contributed by atoms with Gasteiger partial charge in [-0.25, -0.2) is 8.42 Å². The van der Waals surface area contributed by atoms with E-state index in [1.54, 1.807) is 7.11 Å². The zero-order chi connectivity index (χ0) is 11.8. The second-order valence-electron chi connectivity index (χ2n) is 4.84.